The number of aromatic nitrogens is 1. The number of nitrogens with one attached hydrogen (secondary N) is 1. The number of H-pyrrole nitrogens is 1. The molecule has 2 aliphatic carbocycles. The van der Waals surface area contributed by atoms with Gasteiger partial charge in [0.2, 0.25) is 5.91 Å². The summed E-state index contributed by atoms with van der Waals surface area (Å²) in [6.07, 6.45) is 0.0945. The molecule has 4 aliphatic rings. The van der Waals surface area contributed by atoms with E-state index in [0.717, 1.165) is 12.8 Å². The van der Waals surface area contributed by atoms with Crippen LogP contribution in [0.4, 0.5) is 13.2 Å². The molecule has 4 bridgehead atoms. The average molecular weight is 408 g/mol. The number of rotatable bonds is 4. The molecule has 5 nitrogen and oxygen atoms in total. The van der Waals surface area contributed by atoms with Crippen LogP contribution in [-0.4, -0.2) is 44.9 Å². The van der Waals surface area contributed by atoms with E-state index in [4.69, 9.17) is 0 Å². The molecule has 0 radical (unpaired) electrons. The first kappa shape index (κ1) is 18.8. The van der Waals surface area contributed by atoms with Crippen LogP contribution in [0.5, 0.6) is 5.75 Å². The van der Waals surface area contributed by atoms with Crippen molar-refractivity contribution >= 4 is 16.8 Å². The minimum atomic E-state index is -4.78. The molecule has 1 amide bonds. The second-order valence-electron chi connectivity index (χ2n) is 8.93. The summed E-state index contributed by atoms with van der Waals surface area (Å²) < 4.78 is 42.7. The summed E-state index contributed by atoms with van der Waals surface area (Å²) in [4.78, 5) is 18.0. The fourth-order valence-corrected chi connectivity index (χ4v) is 5.99. The number of benzene rings is 1. The van der Waals surface area contributed by atoms with Crippen LogP contribution >= 0.6 is 0 Å². The zero-order valence-corrected chi connectivity index (χ0v) is 16.0. The highest BCUT2D eigenvalue weighted by Gasteiger charge is 2.60. The summed E-state index contributed by atoms with van der Waals surface area (Å²) in [6.45, 7) is 1.85. The van der Waals surface area contributed by atoms with Gasteiger partial charge in [-0.2, -0.15) is 0 Å². The number of amides is 1. The molecule has 1 aromatic heterocycles. The fraction of sp³-hybridized carbons (Fsp3) is 0.571. The number of carbonyl (C=O) groups excluding carboxylic acids is 1. The quantitative estimate of drug-likeness (QED) is 0.802. The van der Waals surface area contributed by atoms with Crippen LogP contribution in [0.2, 0.25) is 0 Å². The molecule has 2 saturated heterocycles. The molecule has 8 heteroatoms. The number of piperidine rings is 1. The predicted molar refractivity (Wildman–Crippen MR) is 99.3 cm³/mol. The Morgan fingerprint density at radius 1 is 1.38 bits per heavy atom. The van der Waals surface area contributed by atoms with Crippen molar-refractivity contribution in [1.82, 2.24) is 9.88 Å². The van der Waals surface area contributed by atoms with Gasteiger partial charge in [-0.15, -0.1) is 13.2 Å². The average Bonchev–Trinajstić information content (AvgIpc) is 3.20. The van der Waals surface area contributed by atoms with Gasteiger partial charge in [0, 0.05) is 35.6 Å². The zero-order valence-electron chi connectivity index (χ0n) is 16.0. The van der Waals surface area contributed by atoms with Crippen LogP contribution in [0, 0.1) is 5.92 Å². The number of fused-ring (bicyclic) bond motifs is 1. The molecule has 5 unspecified atom stereocenters. The highest BCUT2D eigenvalue weighted by atomic mass is 19.4. The molecule has 4 fully saturated rings. The zero-order chi connectivity index (χ0) is 20.6. The van der Waals surface area contributed by atoms with E-state index in [2.05, 4.69) is 9.72 Å². The van der Waals surface area contributed by atoms with Crippen LogP contribution in [0.1, 0.15) is 50.5 Å². The monoisotopic (exact) mass is 408 g/mol. The van der Waals surface area contributed by atoms with E-state index in [1.165, 1.54) is 12.1 Å². The van der Waals surface area contributed by atoms with Gasteiger partial charge in [-0.1, -0.05) is 13.0 Å². The SMILES string of the molecule is CC(CC(=O)N1C2CC3CC(O)(C2)CC31)c1c[nH]c2cccc(OC(F)(F)F)c12. The van der Waals surface area contributed by atoms with Crippen molar-refractivity contribution < 1.29 is 27.8 Å². The summed E-state index contributed by atoms with van der Waals surface area (Å²) in [5, 5.41) is 10.9. The van der Waals surface area contributed by atoms with Gasteiger partial charge in [-0.3, -0.25) is 4.79 Å². The molecular formula is C21H23F3N2O3. The molecule has 2 aromatic rings. The van der Waals surface area contributed by atoms with Crippen molar-refractivity contribution in [2.75, 3.05) is 0 Å². The van der Waals surface area contributed by atoms with Gasteiger partial charge in [0.15, 0.2) is 0 Å². The summed E-state index contributed by atoms with van der Waals surface area (Å²) in [5.41, 5.74) is 0.573. The topological polar surface area (TPSA) is 65.6 Å². The summed E-state index contributed by atoms with van der Waals surface area (Å²) in [7, 11) is 0. The van der Waals surface area contributed by atoms with E-state index in [0.29, 0.717) is 35.2 Å². The largest absolute Gasteiger partial charge is 0.573 e. The maximum Gasteiger partial charge on any atom is 0.573 e. The number of ether oxygens (including phenoxy) is 1. The standard InChI is InChI=1S/C21H23F3N2O3/c1-11(5-18(27)26-13-6-12-7-20(28,8-13)9-16(12)26)14-10-25-15-3-2-4-17(19(14)15)29-21(22,23)24/h2-4,10-13,16,25,28H,5-9H2,1H3. The van der Waals surface area contributed by atoms with E-state index in [9.17, 15) is 23.1 Å². The molecule has 5 atom stereocenters. The summed E-state index contributed by atoms with van der Waals surface area (Å²) in [5.74, 6) is -0.138. The lowest BCUT2D eigenvalue weighted by Crippen LogP contribution is -2.50. The molecule has 2 N–H and O–H groups in total. The van der Waals surface area contributed by atoms with Crippen molar-refractivity contribution in [3.05, 3.63) is 30.0 Å². The Kier molecular flexibility index (Phi) is 3.98. The summed E-state index contributed by atoms with van der Waals surface area (Å²) in [6, 6.07) is 4.67. The van der Waals surface area contributed by atoms with Crippen LogP contribution < -0.4 is 4.74 Å². The van der Waals surface area contributed by atoms with Crippen molar-refractivity contribution in [2.24, 2.45) is 5.92 Å². The second-order valence-corrected chi connectivity index (χ2v) is 8.93. The Balaban J connectivity index is 1.38. The van der Waals surface area contributed by atoms with Gasteiger partial charge in [0.05, 0.1) is 5.60 Å². The van der Waals surface area contributed by atoms with Gasteiger partial charge >= 0.3 is 6.36 Å². The molecule has 2 aliphatic heterocycles. The van der Waals surface area contributed by atoms with E-state index in [-0.39, 0.29) is 36.1 Å². The van der Waals surface area contributed by atoms with Gasteiger partial charge in [-0.05, 0) is 55.2 Å². The predicted octanol–water partition coefficient (Wildman–Crippen LogP) is 4.07. The van der Waals surface area contributed by atoms with Crippen LogP contribution in [0.3, 0.4) is 0 Å². The molecule has 156 valence electrons. The smallest absolute Gasteiger partial charge is 0.405 e. The first-order valence-electron chi connectivity index (χ1n) is 10.0. The number of halogens is 3. The number of aromatic amines is 1. The summed E-state index contributed by atoms with van der Waals surface area (Å²) >= 11 is 0. The van der Waals surface area contributed by atoms with Crippen LogP contribution in [0.15, 0.2) is 24.4 Å². The Labute approximate surface area is 165 Å². The number of aliphatic hydroxyl groups is 1. The third-order valence-corrected chi connectivity index (χ3v) is 6.94. The number of carbonyl (C=O) groups is 1. The van der Waals surface area contributed by atoms with Crippen LogP contribution in [0.25, 0.3) is 10.9 Å². The van der Waals surface area contributed by atoms with E-state index in [1.807, 2.05) is 11.8 Å². The maximum absolute atomic E-state index is 13.1. The molecule has 1 aromatic carbocycles. The lowest BCUT2D eigenvalue weighted by Gasteiger charge is -2.41. The van der Waals surface area contributed by atoms with E-state index in [1.54, 1.807) is 12.3 Å². The Hall–Kier alpha value is -2.22. The van der Waals surface area contributed by atoms with Crippen molar-refractivity contribution in [2.45, 2.75) is 69.0 Å². The third-order valence-electron chi connectivity index (χ3n) is 6.94. The minimum absolute atomic E-state index is 0.0162. The molecular weight excluding hydrogens is 385 g/mol. The first-order valence-corrected chi connectivity index (χ1v) is 10.0. The van der Waals surface area contributed by atoms with Crippen LogP contribution in [-0.2, 0) is 4.79 Å². The van der Waals surface area contributed by atoms with Gasteiger partial charge in [0.25, 0.3) is 0 Å². The number of hydrogen-bond acceptors (Lipinski definition) is 3. The van der Waals surface area contributed by atoms with Crippen molar-refractivity contribution in [3.63, 3.8) is 0 Å². The highest BCUT2D eigenvalue weighted by molar-refractivity contribution is 5.90. The number of alkyl halides is 3. The molecule has 3 heterocycles. The van der Waals surface area contributed by atoms with E-state index < -0.39 is 12.0 Å². The van der Waals surface area contributed by atoms with Gasteiger partial charge in [0.1, 0.15) is 5.75 Å². The normalized spacial score (nSPS) is 31.6. The van der Waals surface area contributed by atoms with Crippen molar-refractivity contribution in [3.8, 4) is 5.75 Å². The Morgan fingerprint density at radius 2 is 2.17 bits per heavy atom. The third kappa shape index (κ3) is 3.08. The Morgan fingerprint density at radius 3 is 2.90 bits per heavy atom. The van der Waals surface area contributed by atoms with Gasteiger partial charge in [-0.25, -0.2) is 0 Å². The maximum atomic E-state index is 13.1. The van der Waals surface area contributed by atoms with Crippen molar-refractivity contribution in [1.29, 1.82) is 0 Å². The number of nitrogens with zero attached hydrogens (tertiary/aromatic N) is 1. The second kappa shape index (κ2) is 6.14. The highest BCUT2D eigenvalue weighted by Crippen LogP contribution is 2.55. The molecule has 2 saturated carbocycles. The Bertz CT molecular complexity index is 968. The van der Waals surface area contributed by atoms with E-state index >= 15 is 0 Å². The number of hydrogen-bond donors (Lipinski definition) is 2. The minimum Gasteiger partial charge on any atom is -0.405 e. The lowest BCUT2D eigenvalue weighted by molar-refractivity contribution is -0.274. The lowest BCUT2D eigenvalue weighted by atomic mass is 9.83. The molecule has 0 spiro atoms. The fourth-order valence-electron chi connectivity index (χ4n) is 5.99. The first-order chi connectivity index (χ1) is 13.6. The molecule has 6 rings (SSSR count). The molecule has 29 heavy (non-hydrogen) atoms. The van der Waals surface area contributed by atoms with Gasteiger partial charge < -0.3 is 19.7 Å².